The molecule has 1 aliphatic heterocycles. The first-order valence-electron chi connectivity index (χ1n) is 6.64. The molecule has 0 radical (unpaired) electrons. The van der Waals surface area contributed by atoms with Crippen LogP contribution in [-0.4, -0.2) is 18.5 Å². The van der Waals surface area contributed by atoms with Crippen molar-refractivity contribution in [1.82, 2.24) is 0 Å². The molecular formula is C14H22O2. The number of Topliss-reactive ketones (excluding diaryl/α,β-unsaturated/α-hetero) is 1. The molecule has 0 aromatic carbocycles. The van der Waals surface area contributed by atoms with Gasteiger partial charge < -0.3 is 4.74 Å². The fraction of sp³-hybridized carbons (Fsp3) is 0.786. The Morgan fingerprint density at radius 2 is 2.12 bits per heavy atom. The Kier molecular flexibility index (Phi) is 4.16. The third-order valence-electron chi connectivity index (χ3n) is 3.75. The van der Waals surface area contributed by atoms with Crippen LogP contribution in [0, 0.1) is 5.92 Å². The lowest BCUT2D eigenvalue weighted by Crippen LogP contribution is -2.26. The first-order chi connectivity index (χ1) is 7.79. The molecule has 0 bridgehead atoms. The van der Waals surface area contributed by atoms with Crippen molar-refractivity contribution in [3.05, 3.63) is 11.6 Å². The molecule has 0 spiro atoms. The van der Waals surface area contributed by atoms with Gasteiger partial charge >= 0.3 is 0 Å². The monoisotopic (exact) mass is 222 g/mol. The van der Waals surface area contributed by atoms with E-state index in [0.29, 0.717) is 5.92 Å². The highest BCUT2D eigenvalue weighted by molar-refractivity contribution is 5.99. The predicted molar refractivity (Wildman–Crippen MR) is 64.3 cm³/mol. The number of rotatable bonds is 2. The van der Waals surface area contributed by atoms with Gasteiger partial charge in [0.25, 0.3) is 0 Å². The van der Waals surface area contributed by atoms with Gasteiger partial charge in [0.2, 0.25) is 0 Å². The van der Waals surface area contributed by atoms with E-state index in [0.717, 1.165) is 31.4 Å². The molecule has 2 unspecified atom stereocenters. The number of ether oxygens (including phenoxy) is 1. The average molecular weight is 222 g/mol. The molecule has 0 N–H and O–H groups in total. The zero-order valence-electron chi connectivity index (χ0n) is 10.2. The van der Waals surface area contributed by atoms with Crippen LogP contribution in [0.1, 0.15) is 51.9 Å². The van der Waals surface area contributed by atoms with Crippen molar-refractivity contribution >= 4 is 5.78 Å². The number of hydrogen-bond acceptors (Lipinski definition) is 2. The standard InChI is InChI=1S/C14H22O2/c1-11-9-10-16-14(11)13(15)12-7-5-3-2-4-6-8-12/h7,11,14H,2-6,8-10H2,1H3. The SMILES string of the molecule is CC1CCOC1C(=O)C1=CCCCCCC1. The summed E-state index contributed by atoms with van der Waals surface area (Å²) in [7, 11) is 0. The lowest BCUT2D eigenvalue weighted by Gasteiger charge is -2.17. The largest absolute Gasteiger partial charge is 0.370 e. The Balaban J connectivity index is 2.01. The summed E-state index contributed by atoms with van der Waals surface area (Å²) in [6.07, 6.45) is 10.1. The molecule has 16 heavy (non-hydrogen) atoms. The van der Waals surface area contributed by atoms with Crippen molar-refractivity contribution in [2.75, 3.05) is 6.61 Å². The highest BCUT2D eigenvalue weighted by Gasteiger charge is 2.32. The van der Waals surface area contributed by atoms with Crippen LogP contribution >= 0.6 is 0 Å². The number of hydrogen-bond donors (Lipinski definition) is 0. The molecule has 0 aromatic rings. The predicted octanol–water partition coefficient (Wildman–Crippen LogP) is 3.26. The maximum atomic E-state index is 12.3. The van der Waals surface area contributed by atoms with Crippen LogP contribution in [0.2, 0.25) is 0 Å². The fourth-order valence-electron chi connectivity index (χ4n) is 2.63. The second-order valence-corrected chi connectivity index (χ2v) is 5.10. The zero-order chi connectivity index (χ0) is 11.4. The maximum absolute atomic E-state index is 12.3. The molecule has 90 valence electrons. The van der Waals surface area contributed by atoms with Crippen molar-refractivity contribution < 1.29 is 9.53 Å². The van der Waals surface area contributed by atoms with Crippen LogP contribution in [0.4, 0.5) is 0 Å². The summed E-state index contributed by atoms with van der Waals surface area (Å²) in [6.45, 7) is 2.88. The van der Waals surface area contributed by atoms with Crippen LogP contribution in [0.3, 0.4) is 0 Å². The number of carbonyl (C=O) groups is 1. The average Bonchev–Trinajstić information content (AvgIpc) is 2.63. The fourth-order valence-corrected chi connectivity index (χ4v) is 2.63. The van der Waals surface area contributed by atoms with Crippen molar-refractivity contribution in [2.24, 2.45) is 5.92 Å². The Morgan fingerprint density at radius 1 is 1.31 bits per heavy atom. The number of allylic oxidation sites excluding steroid dienone is 1. The highest BCUT2D eigenvalue weighted by atomic mass is 16.5. The first-order valence-corrected chi connectivity index (χ1v) is 6.64. The van der Waals surface area contributed by atoms with Crippen LogP contribution in [0.15, 0.2) is 11.6 Å². The molecule has 1 aliphatic carbocycles. The topological polar surface area (TPSA) is 26.3 Å². The van der Waals surface area contributed by atoms with Gasteiger partial charge in [-0.3, -0.25) is 4.79 Å². The summed E-state index contributed by atoms with van der Waals surface area (Å²) in [4.78, 5) is 12.3. The summed E-state index contributed by atoms with van der Waals surface area (Å²) in [5.74, 6) is 0.672. The Morgan fingerprint density at radius 3 is 2.88 bits per heavy atom. The van der Waals surface area contributed by atoms with E-state index in [1.54, 1.807) is 0 Å². The highest BCUT2D eigenvalue weighted by Crippen LogP contribution is 2.26. The molecule has 2 nitrogen and oxygen atoms in total. The Hall–Kier alpha value is -0.630. The van der Waals surface area contributed by atoms with Crippen LogP contribution in [0.5, 0.6) is 0 Å². The van der Waals surface area contributed by atoms with Crippen molar-refractivity contribution in [3.8, 4) is 0 Å². The second-order valence-electron chi connectivity index (χ2n) is 5.10. The molecular weight excluding hydrogens is 200 g/mol. The van der Waals surface area contributed by atoms with Crippen molar-refractivity contribution in [3.63, 3.8) is 0 Å². The Bertz CT molecular complexity index is 280. The number of carbonyl (C=O) groups excluding carboxylic acids is 1. The van der Waals surface area contributed by atoms with Gasteiger partial charge in [-0.1, -0.05) is 25.8 Å². The van der Waals surface area contributed by atoms with Gasteiger partial charge in [-0.05, 0) is 43.6 Å². The third-order valence-corrected chi connectivity index (χ3v) is 3.75. The first kappa shape index (κ1) is 11.8. The minimum absolute atomic E-state index is 0.148. The number of ketones is 1. The summed E-state index contributed by atoms with van der Waals surface area (Å²) in [5, 5.41) is 0. The van der Waals surface area contributed by atoms with Crippen LogP contribution in [0.25, 0.3) is 0 Å². The van der Waals surface area contributed by atoms with E-state index in [1.807, 2.05) is 0 Å². The quantitative estimate of drug-likeness (QED) is 0.717. The van der Waals surface area contributed by atoms with Gasteiger partial charge in [0.1, 0.15) is 6.10 Å². The van der Waals surface area contributed by atoms with Gasteiger partial charge in [0.15, 0.2) is 5.78 Å². The normalized spacial score (nSPS) is 31.7. The van der Waals surface area contributed by atoms with Gasteiger partial charge in [0, 0.05) is 6.61 Å². The molecule has 0 saturated carbocycles. The van der Waals surface area contributed by atoms with Gasteiger partial charge in [0.05, 0.1) is 0 Å². The van der Waals surface area contributed by atoms with E-state index >= 15 is 0 Å². The van der Waals surface area contributed by atoms with E-state index < -0.39 is 0 Å². The second kappa shape index (κ2) is 5.62. The van der Waals surface area contributed by atoms with Crippen LogP contribution < -0.4 is 0 Å². The lowest BCUT2D eigenvalue weighted by molar-refractivity contribution is -0.125. The van der Waals surface area contributed by atoms with E-state index in [9.17, 15) is 4.79 Å². The molecule has 0 aromatic heterocycles. The molecule has 2 atom stereocenters. The summed E-state index contributed by atoms with van der Waals surface area (Å²) in [5.41, 5.74) is 1.04. The minimum atomic E-state index is -0.148. The molecule has 1 saturated heterocycles. The molecule has 1 fully saturated rings. The van der Waals surface area contributed by atoms with E-state index in [4.69, 9.17) is 4.74 Å². The lowest BCUT2D eigenvalue weighted by atomic mass is 9.91. The van der Waals surface area contributed by atoms with Crippen LogP contribution in [-0.2, 0) is 9.53 Å². The summed E-state index contributed by atoms with van der Waals surface area (Å²) in [6, 6.07) is 0. The van der Waals surface area contributed by atoms with Crippen molar-refractivity contribution in [2.45, 2.75) is 58.0 Å². The zero-order valence-corrected chi connectivity index (χ0v) is 10.2. The van der Waals surface area contributed by atoms with Gasteiger partial charge in [-0.15, -0.1) is 0 Å². The Labute approximate surface area is 98.1 Å². The summed E-state index contributed by atoms with van der Waals surface area (Å²) < 4.78 is 5.56. The molecule has 0 amide bonds. The smallest absolute Gasteiger partial charge is 0.187 e. The van der Waals surface area contributed by atoms with E-state index in [2.05, 4.69) is 13.0 Å². The van der Waals surface area contributed by atoms with Gasteiger partial charge in [-0.2, -0.15) is 0 Å². The van der Waals surface area contributed by atoms with E-state index in [-0.39, 0.29) is 11.9 Å². The molecule has 2 heteroatoms. The molecule has 2 aliphatic rings. The third kappa shape index (κ3) is 2.73. The van der Waals surface area contributed by atoms with Crippen molar-refractivity contribution in [1.29, 1.82) is 0 Å². The maximum Gasteiger partial charge on any atom is 0.187 e. The van der Waals surface area contributed by atoms with E-state index in [1.165, 1.54) is 25.7 Å². The minimum Gasteiger partial charge on any atom is -0.370 e. The molecule has 2 rings (SSSR count). The van der Waals surface area contributed by atoms with Gasteiger partial charge in [-0.25, -0.2) is 0 Å². The molecule has 1 heterocycles. The summed E-state index contributed by atoms with van der Waals surface area (Å²) >= 11 is 0.